The Kier molecular flexibility index (Phi) is 6.97. The molecule has 1 saturated carbocycles. The second-order valence-electron chi connectivity index (χ2n) is 5.17. The first kappa shape index (κ1) is 14.8. The SMILES string of the molecule is CSCC(=O)NCC(C1CCCCC1)N(C)C. The van der Waals surface area contributed by atoms with Gasteiger partial charge in [-0.3, -0.25) is 4.79 Å². The molecule has 1 rings (SSSR count). The fraction of sp³-hybridized carbons (Fsp3) is 0.923. The normalized spacial score (nSPS) is 19.3. The van der Waals surface area contributed by atoms with Crippen molar-refractivity contribution in [2.45, 2.75) is 38.1 Å². The van der Waals surface area contributed by atoms with Gasteiger partial charge in [-0.15, -0.1) is 0 Å². The van der Waals surface area contributed by atoms with Crippen molar-refractivity contribution in [3.05, 3.63) is 0 Å². The van der Waals surface area contributed by atoms with Crippen molar-refractivity contribution in [1.29, 1.82) is 0 Å². The van der Waals surface area contributed by atoms with Crippen molar-refractivity contribution in [3.8, 4) is 0 Å². The van der Waals surface area contributed by atoms with Gasteiger partial charge in [0.1, 0.15) is 0 Å². The summed E-state index contributed by atoms with van der Waals surface area (Å²) in [5.41, 5.74) is 0. The molecule has 1 fully saturated rings. The molecule has 3 nitrogen and oxygen atoms in total. The maximum atomic E-state index is 11.5. The molecule has 17 heavy (non-hydrogen) atoms. The highest BCUT2D eigenvalue weighted by atomic mass is 32.2. The molecular weight excluding hydrogens is 232 g/mol. The fourth-order valence-electron chi connectivity index (χ4n) is 2.69. The average molecular weight is 258 g/mol. The van der Waals surface area contributed by atoms with Crippen LogP contribution >= 0.6 is 11.8 Å². The van der Waals surface area contributed by atoms with Crippen LogP contribution in [0, 0.1) is 5.92 Å². The van der Waals surface area contributed by atoms with Crippen LogP contribution in [-0.2, 0) is 4.79 Å². The summed E-state index contributed by atoms with van der Waals surface area (Å²) in [7, 11) is 4.25. The van der Waals surface area contributed by atoms with Crippen LogP contribution in [0.25, 0.3) is 0 Å². The first-order valence-corrected chi connectivity index (χ1v) is 7.96. The Morgan fingerprint density at radius 3 is 2.53 bits per heavy atom. The smallest absolute Gasteiger partial charge is 0.230 e. The molecule has 1 aliphatic carbocycles. The van der Waals surface area contributed by atoms with Gasteiger partial charge in [0.15, 0.2) is 0 Å². The van der Waals surface area contributed by atoms with Crippen LogP contribution < -0.4 is 5.32 Å². The summed E-state index contributed by atoms with van der Waals surface area (Å²) in [5, 5.41) is 3.06. The minimum atomic E-state index is 0.167. The van der Waals surface area contributed by atoms with E-state index in [1.807, 2.05) is 6.26 Å². The van der Waals surface area contributed by atoms with E-state index in [-0.39, 0.29) is 5.91 Å². The Morgan fingerprint density at radius 1 is 1.35 bits per heavy atom. The van der Waals surface area contributed by atoms with Gasteiger partial charge in [0.2, 0.25) is 5.91 Å². The van der Waals surface area contributed by atoms with Crippen LogP contribution in [0.1, 0.15) is 32.1 Å². The van der Waals surface area contributed by atoms with Gasteiger partial charge in [-0.1, -0.05) is 19.3 Å². The number of hydrogen-bond acceptors (Lipinski definition) is 3. The van der Waals surface area contributed by atoms with Gasteiger partial charge in [0.05, 0.1) is 5.75 Å². The first-order chi connectivity index (χ1) is 8.15. The van der Waals surface area contributed by atoms with E-state index in [1.54, 1.807) is 11.8 Å². The molecule has 1 amide bonds. The number of nitrogens with one attached hydrogen (secondary N) is 1. The van der Waals surface area contributed by atoms with Crippen molar-refractivity contribution in [1.82, 2.24) is 10.2 Å². The number of hydrogen-bond donors (Lipinski definition) is 1. The van der Waals surface area contributed by atoms with E-state index in [0.29, 0.717) is 11.8 Å². The lowest BCUT2D eigenvalue weighted by atomic mass is 9.83. The molecular formula is C13H26N2OS. The molecule has 1 N–H and O–H groups in total. The lowest BCUT2D eigenvalue weighted by Crippen LogP contribution is -2.45. The van der Waals surface area contributed by atoms with Crippen molar-refractivity contribution < 1.29 is 4.79 Å². The molecule has 0 radical (unpaired) electrons. The van der Waals surface area contributed by atoms with E-state index in [4.69, 9.17) is 0 Å². The number of thioether (sulfide) groups is 1. The molecule has 100 valence electrons. The summed E-state index contributed by atoms with van der Waals surface area (Å²) in [5.74, 6) is 1.50. The topological polar surface area (TPSA) is 32.3 Å². The number of likely N-dealkylation sites (N-methyl/N-ethyl adjacent to an activating group) is 1. The van der Waals surface area contributed by atoms with E-state index < -0.39 is 0 Å². The Morgan fingerprint density at radius 2 is 2.00 bits per heavy atom. The summed E-state index contributed by atoms with van der Waals surface area (Å²) in [6.45, 7) is 0.803. The monoisotopic (exact) mass is 258 g/mol. The van der Waals surface area contributed by atoms with E-state index >= 15 is 0 Å². The van der Waals surface area contributed by atoms with Gasteiger partial charge in [-0.05, 0) is 39.1 Å². The maximum Gasteiger partial charge on any atom is 0.230 e. The Balaban J connectivity index is 2.39. The standard InChI is InChI=1S/C13H26N2OS/c1-15(2)12(9-14-13(16)10-17-3)11-7-5-4-6-8-11/h11-12H,4-10H2,1-3H3,(H,14,16). The van der Waals surface area contributed by atoms with Crippen molar-refractivity contribution in [2.24, 2.45) is 5.92 Å². The van der Waals surface area contributed by atoms with Crippen LogP contribution in [-0.4, -0.2) is 49.5 Å². The van der Waals surface area contributed by atoms with Gasteiger partial charge in [-0.25, -0.2) is 0 Å². The number of nitrogens with zero attached hydrogens (tertiary/aromatic N) is 1. The molecule has 0 aromatic carbocycles. The lowest BCUT2D eigenvalue weighted by molar-refractivity contribution is -0.118. The zero-order valence-corrected chi connectivity index (χ0v) is 12.2. The molecule has 1 aliphatic rings. The molecule has 0 aromatic rings. The molecule has 0 heterocycles. The number of rotatable bonds is 6. The third-order valence-corrected chi connectivity index (χ3v) is 4.19. The van der Waals surface area contributed by atoms with Gasteiger partial charge >= 0.3 is 0 Å². The van der Waals surface area contributed by atoms with Crippen molar-refractivity contribution in [3.63, 3.8) is 0 Å². The Bertz CT molecular complexity index is 227. The van der Waals surface area contributed by atoms with Crippen LogP contribution in [0.3, 0.4) is 0 Å². The predicted octanol–water partition coefficient (Wildman–Crippen LogP) is 1.98. The summed E-state index contributed by atoms with van der Waals surface area (Å²) in [6.07, 6.45) is 8.70. The maximum absolute atomic E-state index is 11.5. The second-order valence-corrected chi connectivity index (χ2v) is 6.03. The molecule has 1 atom stereocenters. The van der Waals surface area contributed by atoms with Gasteiger partial charge in [0.25, 0.3) is 0 Å². The minimum absolute atomic E-state index is 0.167. The molecule has 0 bridgehead atoms. The largest absolute Gasteiger partial charge is 0.354 e. The minimum Gasteiger partial charge on any atom is -0.354 e. The molecule has 0 saturated heterocycles. The highest BCUT2D eigenvalue weighted by molar-refractivity contribution is 7.99. The van der Waals surface area contributed by atoms with Crippen LogP contribution in [0.2, 0.25) is 0 Å². The molecule has 0 spiro atoms. The van der Waals surface area contributed by atoms with E-state index in [1.165, 1.54) is 32.1 Å². The van der Waals surface area contributed by atoms with Crippen LogP contribution in [0.15, 0.2) is 0 Å². The molecule has 0 aromatic heterocycles. The second kappa shape index (κ2) is 7.98. The Hall–Kier alpha value is -0.220. The van der Waals surface area contributed by atoms with E-state index in [0.717, 1.165) is 12.5 Å². The lowest BCUT2D eigenvalue weighted by Gasteiger charge is -2.34. The average Bonchev–Trinajstić information content (AvgIpc) is 2.30. The predicted molar refractivity (Wildman–Crippen MR) is 75.4 cm³/mol. The highest BCUT2D eigenvalue weighted by Gasteiger charge is 2.25. The fourth-order valence-corrected chi connectivity index (χ4v) is 3.05. The van der Waals surface area contributed by atoms with Gasteiger partial charge in [-0.2, -0.15) is 11.8 Å². The van der Waals surface area contributed by atoms with Crippen molar-refractivity contribution >= 4 is 17.7 Å². The summed E-state index contributed by atoms with van der Waals surface area (Å²) in [6, 6.07) is 0.501. The number of carbonyl (C=O) groups excluding carboxylic acids is 1. The summed E-state index contributed by atoms with van der Waals surface area (Å²) in [4.78, 5) is 13.8. The van der Waals surface area contributed by atoms with Gasteiger partial charge in [0, 0.05) is 12.6 Å². The number of carbonyl (C=O) groups is 1. The third kappa shape index (κ3) is 5.30. The Labute approximate surface area is 110 Å². The molecule has 1 unspecified atom stereocenters. The quantitative estimate of drug-likeness (QED) is 0.790. The first-order valence-electron chi connectivity index (χ1n) is 6.57. The highest BCUT2D eigenvalue weighted by Crippen LogP contribution is 2.27. The summed E-state index contributed by atoms with van der Waals surface area (Å²) < 4.78 is 0. The van der Waals surface area contributed by atoms with Crippen molar-refractivity contribution in [2.75, 3.05) is 32.6 Å². The molecule has 0 aliphatic heterocycles. The van der Waals surface area contributed by atoms with Crippen LogP contribution in [0.5, 0.6) is 0 Å². The summed E-state index contributed by atoms with van der Waals surface area (Å²) >= 11 is 1.58. The molecule has 4 heteroatoms. The third-order valence-electron chi connectivity index (χ3n) is 3.64. The van der Waals surface area contributed by atoms with E-state index in [2.05, 4.69) is 24.3 Å². The zero-order chi connectivity index (χ0) is 12.7. The zero-order valence-electron chi connectivity index (χ0n) is 11.4. The van der Waals surface area contributed by atoms with Crippen LogP contribution in [0.4, 0.5) is 0 Å². The van der Waals surface area contributed by atoms with E-state index in [9.17, 15) is 4.79 Å². The van der Waals surface area contributed by atoms with Gasteiger partial charge < -0.3 is 10.2 Å². The number of amides is 1.